The standard InChI is InChI=1S/C24H31ClFN5O5S/c1-15-14-31(37(34,35)12-8-21(33)30-9-5-18(6-10-30)36-16(2)32)11-7-19(15)22-23(25)29-24(28-22)20-4-3-17(26)13-27-20/h3-4,13,15,18-19H,5-12,14H2,1-2H3,(H,28,29)/t15-,19+/m0/s1. The number of hydrogen-bond donors (Lipinski definition) is 1. The van der Waals surface area contributed by atoms with Crippen molar-refractivity contribution in [3.05, 3.63) is 35.0 Å². The molecule has 2 fully saturated rings. The number of nitrogens with zero attached hydrogens (tertiary/aromatic N) is 4. The average Bonchev–Trinajstić information content (AvgIpc) is 3.24. The Balaban J connectivity index is 1.31. The van der Waals surface area contributed by atoms with Gasteiger partial charge in [0.15, 0.2) is 11.0 Å². The molecular weight excluding hydrogens is 525 g/mol. The fourth-order valence-corrected chi connectivity index (χ4v) is 6.81. The van der Waals surface area contributed by atoms with E-state index in [0.29, 0.717) is 62.7 Å². The van der Waals surface area contributed by atoms with Crippen LogP contribution in [0.25, 0.3) is 11.5 Å². The molecule has 0 aromatic carbocycles. The lowest BCUT2D eigenvalue weighted by Gasteiger charge is -2.36. The molecule has 0 unspecified atom stereocenters. The molecule has 4 rings (SSSR count). The Morgan fingerprint density at radius 1 is 1.22 bits per heavy atom. The van der Waals surface area contributed by atoms with E-state index >= 15 is 0 Å². The number of carbonyl (C=O) groups is 2. The van der Waals surface area contributed by atoms with E-state index in [4.69, 9.17) is 16.3 Å². The number of esters is 1. The maximum absolute atomic E-state index is 13.2. The van der Waals surface area contributed by atoms with E-state index in [0.717, 1.165) is 6.20 Å². The smallest absolute Gasteiger partial charge is 0.302 e. The lowest BCUT2D eigenvalue weighted by Crippen LogP contribution is -2.45. The van der Waals surface area contributed by atoms with Crippen molar-refractivity contribution in [2.45, 2.75) is 51.6 Å². The van der Waals surface area contributed by atoms with Crippen molar-refractivity contribution in [3.63, 3.8) is 0 Å². The molecule has 0 radical (unpaired) electrons. The Kier molecular flexibility index (Phi) is 8.49. The van der Waals surface area contributed by atoms with Crippen molar-refractivity contribution >= 4 is 33.5 Å². The van der Waals surface area contributed by atoms with E-state index in [9.17, 15) is 22.4 Å². The van der Waals surface area contributed by atoms with Gasteiger partial charge in [-0.2, -0.15) is 0 Å². The molecule has 2 aromatic heterocycles. The topological polar surface area (TPSA) is 126 Å². The lowest BCUT2D eigenvalue weighted by molar-refractivity contribution is -0.149. The lowest BCUT2D eigenvalue weighted by atomic mass is 9.86. The number of pyridine rings is 1. The maximum atomic E-state index is 13.2. The van der Waals surface area contributed by atoms with Gasteiger partial charge in [0.05, 0.1) is 17.6 Å². The zero-order valence-electron chi connectivity index (χ0n) is 20.8. The Labute approximate surface area is 220 Å². The molecule has 0 saturated carbocycles. The first-order valence-corrected chi connectivity index (χ1v) is 14.3. The number of imidazole rings is 1. The summed E-state index contributed by atoms with van der Waals surface area (Å²) >= 11 is 6.40. The zero-order valence-corrected chi connectivity index (χ0v) is 22.4. The highest BCUT2D eigenvalue weighted by molar-refractivity contribution is 7.89. The second-order valence-corrected chi connectivity index (χ2v) is 12.1. The Morgan fingerprint density at radius 2 is 1.95 bits per heavy atom. The van der Waals surface area contributed by atoms with Crippen LogP contribution in [0.1, 0.15) is 51.1 Å². The predicted molar refractivity (Wildman–Crippen MR) is 135 cm³/mol. The largest absolute Gasteiger partial charge is 0.462 e. The van der Waals surface area contributed by atoms with Crippen LogP contribution in [0.5, 0.6) is 0 Å². The Morgan fingerprint density at radius 3 is 2.57 bits per heavy atom. The molecule has 13 heteroatoms. The minimum atomic E-state index is -3.62. The highest BCUT2D eigenvalue weighted by Crippen LogP contribution is 2.37. The van der Waals surface area contributed by atoms with E-state index in [-0.39, 0.29) is 47.1 Å². The third-order valence-corrected chi connectivity index (χ3v) is 9.12. The number of carbonyl (C=O) groups excluding carboxylic acids is 2. The van der Waals surface area contributed by atoms with Crippen molar-refractivity contribution in [2.75, 3.05) is 31.9 Å². The van der Waals surface area contributed by atoms with Crippen LogP contribution >= 0.6 is 11.6 Å². The van der Waals surface area contributed by atoms with E-state index < -0.39 is 15.8 Å². The first-order valence-electron chi connectivity index (χ1n) is 12.3. The minimum absolute atomic E-state index is 0.0409. The highest BCUT2D eigenvalue weighted by Gasteiger charge is 2.36. The van der Waals surface area contributed by atoms with Crippen LogP contribution in [0.4, 0.5) is 4.39 Å². The number of sulfonamides is 1. The van der Waals surface area contributed by atoms with Crippen LogP contribution in [0, 0.1) is 11.7 Å². The fourth-order valence-electron chi connectivity index (χ4n) is 5.00. The molecule has 0 bridgehead atoms. The molecule has 37 heavy (non-hydrogen) atoms. The summed E-state index contributed by atoms with van der Waals surface area (Å²) in [4.78, 5) is 36.9. The number of ether oxygens (including phenoxy) is 1. The molecule has 2 aliphatic rings. The number of amides is 1. The van der Waals surface area contributed by atoms with Gasteiger partial charge in [0, 0.05) is 58.3 Å². The van der Waals surface area contributed by atoms with Crippen LogP contribution in [-0.4, -0.2) is 82.5 Å². The summed E-state index contributed by atoms with van der Waals surface area (Å²) in [7, 11) is -3.62. The summed E-state index contributed by atoms with van der Waals surface area (Å²) < 4.78 is 45.9. The Hall–Kier alpha value is -2.57. The molecule has 2 aromatic rings. The van der Waals surface area contributed by atoms with Crippen molar-refractivity contribution in [1.29, 1.82) is 0 Å². The molecule has 4 heterocycles. The van der Waals surface area contributed by atoms with Crippen LogP contribution in [-0.2, 0) is 24.3 Å². The van der Waals surface area contributed by atoms with E-state index in [2.05, 4.69) is 15.0 Å². The van der Waals surface area contributed by atoms with Gasteiger partial charge in [0.25, 0.3) is 0 Å². The minimum Gasteiger partial charge on any atom is -0.462 e. The van der Waals surface area contributed by atoms with Gasteiger partial charge in [-0.25, -0.2) is 27.1 Å². The summed E-state index contributed by atoms with van der Waals surface area (Å²) in [6.45, 7) is 4.81. The van der Waals surface area contributed by atoms with Gasteiger partial charge in [-0.1, -0.05) is 18.5 Å². The number of H-pyrrole nitrogens is 1. The van der Waals surface area contributed by atoms with Crippen molar-refractivity contribution in [1.82, 2.24) is 24.2 Å². The number of rotatable bonds is 7. The number of nitrogens with one attached hydrogen (secondary N) is 1. The molecule has 0 aliphatic carbocycles. The number of aromatic nitrogens is 3. The van der Waals surface area contributed by atoms with Gasteiger partial charge in [0.2, 0.25) is 15.9 Å². The SMILES string of the molecule is CC(=O)OC1CCN(C(=O)CCS(=O)(=O)N2CC[C@@H](c3[nH]c(-c4ccc(F)cn4)nc3Cl)[C@@H](C)C2)CC1. The average molecular weight is 556 g/mol. The maximum Gasteiger partial charge on any atom is 0.302 e. The number of likely N-dealkylation sites (tertiary alicyclic amines) is 1. The van der Waals surface area contributed by atoms with Crippen LogP contribution in [0.2, 0.25) is 5.15 Å². The molecule has 2 atom stereocenters. The predicted octanol–water partition coefficient (Wildman–Crippen LogP) is 2.96. The quantitative estimate of drug-likeness (QED) is 0.520. The van der Waals surface area contributed by atoms with Gasteiger partial charge >= 0.3 is 5.97 Å². The van der Waals surface area contributed by atoms with Crippen LogP contribution < -0.4 is 0 Å². The van der Waals surface area contributed by atoms with Gasteiger partial charge in [-0.05, 0) is 24.5 Å². The number of hydrogen-bond acceptors (Lipinski definition) is 7. The highest BCUT2D eigenvalue weighted by atomic mass is 35.5. The van der Waals surface area contributed by atoms with Crippen LogP contribution in [0.15, 0.2) is 18.3 Å². The first kappa shape index (κ1) is 27.5. The molecule has 202 valence electrons. The van der Waals surface area contributed by atoms with E-state index in [1.165, 1.54) is 23.4 Å². The van der Waals surface area contributed by atoms with Gasteiger partial charge < -0.3 is 14.6 Å². The second-order valence-electron chi connectivity index (χ2n) is 9.64. The summed E-state index contributed by atoms with van der Waals surface area (Å²) in [5, 5.41) is 0.289. The summed E-state index contributed by atoms with van der Waals surface area (Å²) in [5.41, 5.74) is 1.17. The Bertz CT molecular complexity index is 1230. The number of piperidine rings is 2. The van der Waals surface area contributed by atoms with E-state index in [1.54, 1.807) is 4.90 Å². The summed E-state index contributed by atoms with van der Waals surface area (Å²) in [6, 6.07) is 2.80. The van der Waals surface area contributed by atoms with Gasteiger partial charge in [-0.15, -0.1) is 0 Å². The van der Waals surface area contributed by atoms with Crippen molar-refractivity contribution in [3.8, 4) is 11.5 Å². The monoisotopic (exact) mass is 555 g/mol. The van der Waals surface area contributed by atoms with Gasteiger partial charge in [-0.3, -0.25) is 9.59 Å². The molecular formula is C24H31ClFN5O5S. The van der Waals surface area contributed by atoms with Crippen molar-refractivity contribution < 1.29 is 27.1 Å². The molecule has 10 nitrogen and oxygen atoms in total. The molecule has 2 saturated heterocycles. The third-order valence-electron chi connectivity index (χ3n) is 6.99. The normalized spacial score (nSPS) is 21.7. The van der Waals surface area contributed by atoms with Crippen LogP contribution in [0.3, 0.4) is 0 Å². The molecule has 0 spiro atoms. The third kappa shape index (κ3) is 6.66. The zero-order chi connectivity index (χ0) is 26.7. The number of aromatic amines is 1. The molecule has 1 amide bonds. The summed E-state index contributed by atoms with van der Waals surface area (Å²) in [6.07, 6.45) is 2.47. The van der Waals surface area contributed by atoms with Crippen molar-refractivity contribution in [2.24, 2.45) is 5.92 Å². The first-order chi connectivity index (χ1) is 17.5. The van der Waals surface area contributed by atoms with Gasteiger partial charge in [0.1, 0.15) is 17.6 Å². The summed E-state index contributed by atoms with van der Waals surface area (Å²) in [5.74, 6) is -0.912. The number of halogens is 2. The van der Waals surface area contributed by atoms with E-state index in [1.807, 2.05) is 6.92 Å². The molecule has 1 N–H and O–H groups in total. The molecule has 2 aliphatic heterocycles. The fraction of sp³-hybridized carbons (Fsp3) is 0.583. The second kappa shape index (κ2) is 11.4.